The van der Waals surface area contributed by atoms with Crippen LogP contribution in [0.15, 0.2) is 40.6 Å². The molecular formula is C19H24N4OS2. The van der Waals surface area contributed by atoms with Gasteiger partial charge in [0.25, 0.3) is 0 Å². The van der Waals surface area contributed by atoms with Crippen molar-refractivity contribution < 1.29 is 5.11 Å². The fourth-order valence-electron chi connectivity index (χ4n) is 3.93. The molecule has 1 aromatic heterocycles. The van der Waals surface area contributed by atoms with Crippen molar-refractivity contribution >= 4 is 29.2 Å². The normalized spacial score (nSPS) is 24.6. The monoisotopic (exact) mass is 388 g/mol. The first-order chi connectivity index (χ1) is 12.7. The molecule has 0 amide bonds. The number of aliphatic hydroxyl groups is 1. The fraction of sp³-hybridized carbons (Fsp3) is 0.474. The highest BCUT2D eigenvalue weighted by Crippen LogP contribution is 2.51. The van der Waals surface area contributed by atoms with E-state index in [1.807, 2.05) is 6.26 Å². The van der Waals surface area contributed by atoms with E-state index in [9.17, 15) is 5.11 Å². The van der Waals surface area contributed by atoms with Gasteiger partial charge in [-0.2, -0.15) is 0 Å². The van der Waals surface area contributed by atoms with Gasteiger partial charge in [0.05, 0.1) is 5.69 Å². The quantitative estimate of drug-likeness (QED) is 0.558. The maximum Gasteiger partial charge on any atom is 0.124 e. The maximum atomic E-state index is 9.26. The van der Waals surface area contributed by atoms with Gasteiger partial charge in [0.2, 0.25) is 0 Å². The number of piperidine rings is 1. The molecular weight excluding hydrogens is 364 g/mol. The van der Waals surface area contributed by atoms with Gasteiger partial charge < -0.3 is 10.8 Å². The van der Waals surface area contributed by atoms with Crippen molar-refractivity contribution in [2.75, 3.05) is 31.7 Å². The highest BCUT2D eigenvalue weighted by Gasteiger charge is 2.54. The molecule has 2 atom stereocenters. The molecule has 4 rings (SSSR count). The van der Waals surface area contributed by atoms with Crippen LogP contribution in [0.1, 0.15) is 11.1 Å². The number of fused-ring (bicyclic) bond motifs is 1. The largest absolute Gasteiger partial charge is 0.396 e. The first-order valence-electron chi connectivity index (χ1n) is 8.88. The predicted molar refractivity (Wildman–Crippen MR) is 107 cm³/mol. The van der Waals surface area contributed by atoms with Gasteiger partial charge in [-0.05, 0) is 35.1 Å². The Bertz CT molecular complexity index is 759. The lowest BCUT2D eigenvalue weighted by Crippen LogP contribution is -2.24. The van der Waals surface area contributed by atoms with Crippen LogP contribution in [0.2, 0.25) is 0 Å². The number of nitrogens with two attached hydrogens (primary N) is 1. The third kappa shape index (κ3) is 3.71. The Morgan fingerprint density at radius 2 is 1.77 bits per heavy atom. The first-order valence-corrected chi connectivity index (χ1v) is 11.1. The maximum absolute atomic E-state index is 9.26. The molecule has 5 nitrogen and oxygen atoms in total. The molecule has 1 aromatic carbocycles. The third-order valence-corrected chi connectivity index (χ3v) is 7.26. The number of benzene rings is 1. The molecule has 1 aliphatic heterocycles. The fourth-order valence-corrected chi connectivity index (χ4v) is 5.33. The number of rotatable bonds is 7. The minimum atomic E-state index is 0.366. The number of thioether (sulfide) groups is 2. The Balaban J connectivity index is 1.30. The summed E-state index contributed by atoms with van der Waals surface area (Å²) >= 11 is 3.20. The van der Waals surface area contributed by atoms with Crippen molar-refractivity contribution in [1.82, 2.24) is 14.9 Å². The van der Waals surface area contributed by atoms with Crippen LogP contribution < -0.4 is 5.73 Å². The van der Waals surface area contributed by atoms with Crippen molar-refractivity contribution in [3.63, 3.8) is 0 Å². The van der Waals surface area contributed by atoms with Crippen LogP contribution >= 0.6 is 23.5 Å². The molecule has 0 spiro atoms. The number of nitrogen functional groups attached to an aromatic ring is 1. The molecule has 26 heavy (non-hydrogen) atoms. The van der Waals surface area contributed by atoms with E-state index in [2.05, 4.69) is 39.1 Å². The van der Waals surface area contributed by atoms with Crippen molar-refractivity contribution in [3.8, 4) is 0 Å². The molecule has 7 heteroatoms. The van der Waals surface area contributed by atoms with E-state index in [4.69, 9.17) is 5.73 Å². The Morgan fingerprint density at radius 3 is 2.42 bits per heavy atom. The molecule has 2 aromatic rings. The van der Waals surface area contributed by atoms with Crippen LogP contribution in [-0.2, 0) is 12.3 Å². The van der Waals surface area contributed by atoms with Crippen molar-refractivity contribution in [1.29, 1.82) is 0 Å². The number of aromatic nitrogens is 2. The van der Waals surface area contributed by atoms with E-state index in [1.165, 1.54) is 11.1 Å². The van der Waals surface area contributed by atoms with Crippen LogP contribution in [0, 0.1) is 17.8 Å². The lowest BCUT2D eigenvalue weighted by Gasteiger charge is -2.19. The Morgan fingerprint density at radius 1 is 1.12 bits per heavy atom. The average molecular weight is 389 g/mol. The molecule has 0 radical (unpaired) electrons. The predicted octanol–water partition coefficient (Wildman–Crippen LogP) is 2.74. The number of anilines is 1. The summed E-state index contributed by atoms with van der Waals surface area (Å²) in [5.41, 5.74) is 9.42. The zero-order valence-electron chi connectivity index (χ0n) is 14.8. The van der Waals surface area contributed by atoms with E-state index in [-0.39, 0.29) is 0 Å². The number of likely N-dealkylation sites (tertiary alicyclic amines) is 1. The van der Waals surface area contributed by atoms with Gasteiger partial charge in [-0.15, -0.1) is 11.8 Å². The van der Waals surface area contributed by atoms with Gasteiger partial charge in [-0.25, -0.2) is 9.97 Å². The van der Waals surface area contributed by atoms with Crippen LogP contribution in [0.3, 0.4) is 0 Å². The van der Waals surface area contributed by atoms with Gasteiger partial charge in [0.15, 0.2) is 0 Å². The van der Waals surface area contributed by atoms with E-state index in [0.29, 0.717) is 18.2 Å². The Hall–Kier alpha value is -1.28. The van der Waals surface area contributed by atoms with Gasteiger partial charge in [0.1, 0.15) is 16.4 Å². The van der Waals surface area contributed by atoms with E-state index >= 15 is 0 Å². The summed E-state index contributed by atoms with van der Waals surface area (Å²) in [5.74, 6) is 2.90. The second kappa shape index (κ2) is 7.76. The Kier molecular flexibility index (Phi) is 5.40. The lowest BCUT2D eigenvalue weighted by molar-refractivity contribution is 0.217. The molecule has 2 unspecified atom stereocenters. The van der Waals surface area contributed by atoms with E-state index in [1.54, 1.807) is 29.9 Å². The van der Waals surface area contributed by atoms with Gasteiger partial charge in [-0.1, -0.05) is 36.0 Å². The summed E-state index contributed by atoms with van der Waals surface area (Å²) in [6.45, 7) is 3.65. The highest BCUT2D eigenvalue weighted by molar-refractivity contribution is 7.99. The van der Waals surface area contributed by atoms with E-state index in [0.717, 1.165) is 47.3 Å². The summed E-state index contributed by atoms with van der Waals surface area (Å²) < 4.78 is 0. The number of nitrogens with zero attached hydrogens (tertiary/aromatic N) is 3. The average Bonchev–Trinajstić information content (AvgIpc) is 3.15. The second-order valence-corrected chi connectivity index (χ2v) is 8.83. The number of hydrogen-bond acceptors (Lipinski definition) is 7. The van der Waals surface area contributed by atoms with Gasteiger partial charge in [0, 0.05) is 32.0 Å². The van der Waals surface area contributed by atoms with Crippen LogP contribution in [0.25, 0.3) is 0 Å². The third-order valence-electron chi connectivity index (χ3n) is 5.47. The van der Waals surface area contributed by atoms with Gasteiger partial charge >= 0.3 is 0 Å². The standard InChI is InChI=1S/C19H24N4OS2/c1-25-18-17(20)19(22-11-21-18)26-10-13-4-2-12(3-5-13)6-23-7-14-15(8-23)16(14)9-24/h2-5,11,14-16,24H,6-10,20H2,1H3. The SMILES string of the molecule is CSc1ncnc(SCc2ccc(CN3CC4C(CO)C4C3)cc2)c1N. The Labute approximate surface area is 162 Å². The summed E-state index contributed by atoms with van der Waals surface area (Å²) in [6.07, 6.45) is 3.55. The zero-order chi connectivity index (χ0) is 18.1. The van der Waals surface area contributed by atoms with Crippen LogP contribution in [0.5, 0.6) is 0 Å². The highest BCUT2D eigenvalue weighted by atomic mass is 32.2. The number of hydrogen-bond donors (Lipinski definition) is 2. The topological polar surface area (TPSA) is 75.3 Å². The summed E-state index contributed by atoms with van der Waals surface area (Å²) in [6, 6.07) is 8.84. The molecule has 1 saturated heterocycles. The molecule has 2 heterocycles. The van der Waals surface area contributed by atoms with Crippen molar-refractivity contribution in [2.24, 2.45) is 17.8 Å². The lowest BCUT2D eigenvalue weighted by atomic mass is 10.1. The summed E-state index contributed by atoms with van der Waals surface area (Å²) in [4.78, 5) is 11.0. The minimum absolute atomic E-state index is 0.366. The molecule has 2 aliphatic rings. The van der Waals surface area contributed by atoms with Crippen LogP contribution in [0.4, 0.5) is 5.69 Å². The molecule has 1 saturated carbocycles. The second-order valence-electron chi connectivity index (χ2n) is 7.08. The molecule has 138 valence electrons. The minimum Gasteiger partial charge on any atom is -0.396 e. The van der Waals surface area contributed by atoms with Gasteiger partial charge in [-0.3, -0.25) is 4.90 Å². The van der Waals surface area contributed by atoms with Crippen molar-refractivity contribution in [3.05, 3.63) is 41.7 Å². The first kappa shape index (κ1) is 18.1. The molecule has 3 N–H and O–H groups in total. The van der Waals surface area contributed by atoms with Crippen molar-refractivity contribution in [2.45, 2.75) is 22.3 Å². The summed E-state index contributed by atoms with van der Waals surface area (Å²) in [7, 11) is 0. The number of aliphatic hydroxyl groups excluding tert-OH is 1. The molecule has 0 bridgehead atoms. The van der Waals surface area contributed by atoms with Crippen LogP contribution in [-0.4, -0.2) is 45.9 Å². The molecule has 2 fully saturated rings. The smallest absolute Gasteiger partial charge is 0.124 e. The summed E-state index contributed by atoms with van der Waals surface area (Å²) in [5, 5.41) is 10.9. The molecule has 1 aliphatic carbocycles. The van der Waals surface area contributed by atoms with E-state index < -0.39 is 0 Å². The zero-order valence-corrected chi connectivity index (χ0v) is 16.5.